The van der Waals surface area contributed by atoms with E-state index in [1.54, 1.807) is 4.31 Å². The molecule has 1 aromatic rings. The molecule has 3 rings (SSSR count). The number of hydrogen-bond donors (Lipinski definition) is 1. The standard InChI is InChI=1S/C15H22N2O2S/c1-10-6-11(2)15(12(3)7-10)20(18,19)17-5-4-13-8-16-9-14(13)17/h6-7,13-14,16H,4-5,8-9H2,1-3H3/t13-,14+/m0/s1. The Bertz CT molecular complexity index is 616. The van der Waals surface area contributed by atoms with E-state index in [9.17, 15) is 8.42 Å². The molecule has 1 N–H and O–H groups in total. The van der Waals surface area contributed by atoms with Crippen molar-refractivity contribution in [2.24, 2.45) is 5.92 Å². The van der Waals surface area contributed by atoms with Crippen LogP contribution in [0.25, 0.3) is 0 Å². The van der Waals surface area contributed by atoms with Gasteiger partial charge >= 0.3 is 0 Å². The molecule has 2 atom stereocenters. The van der Waals surface area contributed by atoms with E-state index in [-0.39, 0.29) is 6.04 Å². The predicted molar refractivity (Wildman–Crippen MR) is 79.3 cm³/mol. The number of rotatable bonds is 2. The summed E-state index contributed by atoms with van der Waals surface area (Å²) in [6.07, 6.45) is 0.973. The molecule has 0 amide bonds. The molecular weight excluding hydrogens is 272 g/mol. The lowest BCUT2D eigenvalue weighted by Gasteiger charge is -2.25. The molecule has 20 heavy (non-hydrogen) atoms. The Morgan fingerprint density at radius 1 is 1.15 bits per heavy atom. The first-order valence-electron chi connectivity index (χ1n) is 7.21. The summed E-state index contributed by atoms with van der Waals surface area (Å²) < 4.78 is 27.8. The Kier molecular flexibility index (Phi) is 3.39. The van der Waals surface area contributed by atoms with Gasteiger partial charge < -0.3 is 5.32 Å². The van der Waals surface area contributed by atoms with Crippen LogP contribution < -0.4 is 5.32 Å². The molecule has 2 heterocycles. The van der Waals surface area contributed by atoms with E-state index in [0.717, 1.165) is 36.2 Å². The summed E-state index contributed by atoms with van der Waals surface area (Å²) >= 11 is 0. The van der Waals surface area contributed by atoms with Crippen LogP contribution >= 0.6 is 0 Å². The first-order valence-corrected chi connectivity index (χ1v) is 8.65. The van der Waals surface area contributed by atoms with Crippen LogP contribution in [-0.4, -0.2) is 38.4 Å². The Hall–Kier alpha value is -0.910. The summed E-state index contributed by atoms with van der Waals surface area (Å²) in [4.78, 5) is 0.510. The van der Waals surface area contributed by atoms with E-state index in [4.69, 9.17) is 0 Å². The second kappa shape index (κ2) is 4.83. The quantitative estimate of drug-likeness (QED) is 0.901. The third-order valence-electron chi connectivity index (χ3n) is 4.57. The van der Waals surface area contributed by atoms with E-state index in [1.165, 1.54) is 0 Å². The molecule has 0 radical (unpaired) electrons. The maximum Gasteiger partial charge on any atom is 0.243 e. The van der Waals surface area contributed by atoms with Crippen LogP contribution in [0.4, 0.5) is 0 Å². The molecule has 0 aromatic heterocycles. The van der Waals surface area contributed by atoms with Gasteiger partial charge in [0, 0.05) is 19.1 Å². The lowest BCUT2D eigenvalue weighted by atomic mass is 10.1. The zero-order valence-corrected chi connectivity index (χ0v) is 13.1. The lowest BCUT2D eigenvalue weighted by molar-refractivity contribution is 0.382. The van der Waals surface area contributed by atoms with Gasteiger partial charge in [-0.25, -0.2) is 8.42 Å². The summed E-state index contributed by atoms with van der Waals surface area (Å²) in [5.74, 6) is 0.482. The lowest BCUT2D eigenvalue weighted by Crippen LogP contribution is -2.39. The Labute approximate surface area is 121 Å². The fourth-order valence-electron chi connectivity index (χ4n) is 3.80. The fraction of sp³-hybridized carbons (Fsp3) is 0.600. The predicted octanol–water partition coefficient (Wildman–Crippen LogP) is 1.59. The van der Waals surface area contributed by atoms with Crippen molar-refractivity contribution >= 4 is 10.0 Å². The van der Waals surface area contributed by atoms with Gasteiger partial charge in [0.1, 0.15) is 0 Å². The maximum absolute atomic E-state index is 13.0. The fourth-order valence-corrected chi connectivity index (χ4v) is 5.91. The highest BCUT2D eigenvalue weighted by Gasteiger charge is 2.44. The number of fused-ring (bicyclic) bond motifs is 1. The molecule has 0 saturated carbocycles. The molecule has 110 valence electrons. The molecule has 0 unspecified atom stereocenters. The van der Waals surface area contributed by atoms with Crippen molar-refractivity contribution < 1.29 is 8.42 Å². The van der Waals surface area contributed by atoms with Crippen LogP contribution in [0, 0.1) is 26.7 Å². The van der Waals surface area contributed by atoms with Gasteiger partial charge in [0.05, 0.1) is 4.90 Å². The largest absolute Gasteiger partial charge is 0.315 e. The number of sulfonamides is 1. The molecule has 2 saturated heterocycles. The molecular formula is C15H22N2O2S. The summed E-state index contributed by atoms with van der Waals surface area (Å²) in [6.45, 7) is 8.19. The van der Waals surface area contributed by atoms with Crippen molar-refractivity contribution in [1.82, 2.24) is 9.62 Å². The van der Waals surface area contributed by atoms with Crippen LogP contribution in [0.1, 0.15) is 23.1 Å². The first kappa shape index (κ1) is 14.0. The van der Waals surface area contributed by atoms with Gasteiger partial charge in [-0.15, -0.1) is 0 Å². The van der Waals surface area contributed by atoms with Crippen molar-refractivity contribution in [3.05, 3.63) is 28.8 Å². The monoisotopic (exact) mass is 294 g/mol. The van der Waals surface area contributed by atoms with Gasteiger partial charge in [-0.1, -0.05) is 17.7 Å². The third kappa shape index (κ3) is 2.08. The molecule has 4 nitrogen and oxygen atoms in total. The zero-order chi connectivity index (χ0) is 14.5. The second-order valence-corrected chi connectivity index (χ2v) is 7.95. The average Bonchev–Trinajstić information content (AvgIpc) is 2.86. The van der Waals surface area contributed by atoms with Gasteiger partial charge in [-0.2, -0.15) is 4.31 Å². The van der Waals surface area contributed by atoms with Gasteiger partial charge in [0.2, 0.25) is 10.0 Å². The van der Waals surface area contributed by atoms with Crippen LogP contribution in [0.3, 0.4) is 0 Å². The molecule has 2 aliphatic rings. The summed E-state index contributed by atoms with van der Waals surface area (Å²) in [6, 6.07) is 4.06. The molecule has 0 bridgehead atoms. The van der Waals surface area contributed by atoms with E-state index >= 15 is 0 Å². The highest BCUT2D eigenvalue weighted by atomic mass is 32.2. The summed E-state index contributed by atoms with van der Waals surface area (Å²) in [5, 5.41) is 3.31. The maximum atomic E-state index is 13.0. The van der Waals surface area contributed by atoms with Gasteiger partial charge in [0.15, 0.2) is 0 Å². The smallest absolute Gasteiger partial charge is 0.243 e. The normalized spacial score (nSPS) is 26.9. The molecule has 0 aliphatic carbocycles. The van der Waals surface area contributed by atoms with Crippen molar-refractivity contribution in [1.29, 1.82) is 0 Å². The molecule has 2 aliphatic heterocycles. The minimum Gasteiger partial charge on any atom is -0.315 e. The van der Waals surface area contributed by atoms with Gasteiger partial charge in [0.25, 0.3) is 0 Å². The number of hydrogen-bond acceptors (Lipinski definition) is 3. The molecule has 1 aromatic carbocycles. The Morgan fingerprint density at radius 3 is 2.45 bits per heavy atom. The molecule has 5 heteroatoms. The highest BCUT2D eigenvalue weighted by molar-refractivity contribution is 7.89. The van der Waals surface area contributed by atoms with E-state index in [1.807, 2.05) is 32.9 Å². The topological polar surface area (TPSA) is 49.4 Å². The Balaban J connectivity index is 2.05. The average molecular weight is 294 g/mol. The van der Waals surface area contributed by atoms with E-state index < -0.39 is 10.0 Å². The van der Waals surface area contributed by atoms with Crippen LogP contribution in [0.15, 0.2) is 17.0 Å². The van der Waals surface area contributed by atoms with Crippen molar-refractivity contribution in [2.45, 2.75) is 38.1 Å². The van der Waals surface area contributed by atoms with Crippen molar-refractivity contribution in [2.75, 3.05) is 19.6 Å². The van der Waals surface area contributed by atoms with Crippen LogP contribution in [0.2, 0.25) is 0 Å². The number of benzene rings is 1. The highest BCUT2D eigenvalue weighted by Crippen LogP contribution is 2.34. The molecule has 0 spiro atoms. The van der Waals surface area contributed by atoms with Crippen molar-refractivity contribution in [3.8, 4) is 0 Å². The third-order valence-corrected chi connectivity index (χ3v) is 6.80. The number of nitrogens with zero attached hydrogens (tertiary/aromatic N) is 1. The number of aryl methyl sites for hydroxylation is 3. The Morgan fingerprint density at radius 2 is 1.80 bits per heavy atom. The minimum absolute atomic E-state index is 0.139. The first-order chi connectivity index (χ1) is 9.41. The summed E-state index contributed by atoms with van der Waals surface area (Å²) in [7, 11) is -3.38. The molecule has 2 fully saturated rings. The van der Waals surface area contributed by atoms with Gasteiger partial charge in [-0.3, -0.25) is 0 Å². The van der Waals surface area contributed by atoms with E-state index in [2.05, 4.69) is 5.32 Å². The van der Waals surface area contributed by atoms with E-state index in [0.29, 0.717) is 17.4 Å². The number of nitrogens with one attached hydrogen (secondary N) is 1. The SMILES string of the molecule is Cc1cc(C)c(S(=O)(=O)N2CC[C@H]3CNC[C@H]32)c(C)c1. The minimum atomic E-state index is -3.38. The van der Waals surface area contributed by atoms with Crippen molar-refractivity contribution in [3.63, 3.8) is 0 Å². The van der Waals surface area contributed by atoms with Gasteiger partial charge in [-0.05, 0) is 50.8 Å². The van der Waals surface area contributed by atoms with Crippen LogP contribution in [0.5, 0.6) is 0 Å². The van der Waals surface area contributed by atoms with Crippen LogP contribution in [-0.2, 0) is 10.0 Å². The zero-order valence-electron chi connectivity index (χ0n) is 12.3. The summed E-state index contributed by atoms with van der Waals surface area (Å²) in [5.41, 5.74) is 2.83. The second-order valence-electron chi connectivity index (χ2n) is 6.12.